The summed E-state index contributed by atoms with van der Waals surface area (Å²) in [5, 5.41) is 13.6. The van der Waals surface area contributed by atoms with E-state index in [1.807, 2.05) is 13.0 Å². The number of aryl methyl sites for hydroxylation is 1. The lowest BCUT2D eigenvalue weighted by Gasteiger charge is -2.06. The average molecular weight is 337 g/mol. The number of carbonyl (C=O) groups is 1. The third kappa shape index (κ3) is 5.44. The second-order valence-corrected chi connectivity index (χ2v) is 7.26. The van der Waals surface area contributed by atoms with E-state index < -0.39 is 9.84 Å². The first kappa shape index (κ1) is 17.1. The Morgan fingerprint density at radius 3 is 2.70 bits per heavy atom. The van der Waals surface area contributed by atoms with Crippen LogP contribution in [0, 0.1) is 0 Å². The molecule has 0 bridgehead atoms. The van der Waals surface area contributed by atoms with Crippen molar-refractivity contribution in [3.63, 3.8) is 0 Å². The Morgan fingerprint density at radius 1 is 1.26 bits per heavy atom. The van der Waals surface area contributed by atoms with Crippen LogP contribution in [-0.4, -0.2) is 40.3 Å². The second kappa shape index (κ2) is 7.82. The molecule has 23 heavy (non-hydrogen) atoms. The van der Waals surface area contributed by atoms with E-state index in [-0.39, 0.29) is 23.8 Å². The van der Waals surface area contributed by atoms with E-state index in [0.29, 0.717) is 18.1 Å². The SMILES string of the molecule is CCCn1nnnc1CS(=O)(=O)CCC(=O)Nc1ccccc1. The molecule has 0 aliphatic heterocycles. The van der Waals surface area contributed by atoms with Crippen molar-refractivity contribution in [2.75, 3.05) is 11.1 Å². The maximum Gasteiger partial charge on any atom is 0.225 e. The van der Waals surface area contributed by atoms with Crippen LogP contribution < -0.4 is 5.32 Å². The smallest absolute Gasteiger partial charge is 0.225 e. The molecule has 1 amide bonds. The van der Waals surface area contributed by atoms with Crippen molar-refractivity contribution in [3.8, 4) is 0 Å². The molecule has 0 spiro atoms. The van der Waals surface area contributed by atoms with E-state index in [0.717, 1.165) is 6.42 Å². The fourth-order valence-corrected chi connectivity index (χ4v) is 3.22. The highest BCUT2D eigenvalue weighted by atomic mass is 32.2. The second-order valence-electron chi connectivity index (χ2n) is 5.07. The number of carbonyl (C=O) groups excluding carboxylic acids is 1. The topological polar surface area (TPSA) is 107 Å². The maximum absolute atomic E-state index is 12.1. The molecule has 1 aromatic carbocycles. The molecule has 0 radical (unpaired) electrons. The van der Waals surface area contributed by atoms with Crippen LogP contribution in [0.15, 0.2) is 30.3 Å². The van der Waals surface area contributed by atoms with Crippen molar-refractivity contribution in [1.29, 1.82) is 0 Å². The van der Waals surface area contributed by atoms with Gasteiger partial charge in [0.25, 0.3) is 0 Å². The van der Waals surface area contributed by atoms with Gasteiger partial charge in [-0.05, 0) is 29.0 Å². The molecule has 0 saturated heterocycles. The summed E-state index contributed by atoms with van der Waals surface area (Å²) in [6.45, 7) is 2.51. The molecule has 9 heteroatoms. The Hall–Kier alpha value is -2.29. The number of sulfone groups is 1. The van der Waals surface area contributed by atoms with Gasteiger partial charge in [-0.25, -0.2) is 13.1 Å². The molecule has 0 unspecified atom stereocenters. The summed E-state index contributed by atoms with van der Waals surface area (Å²) < 4.78 is 25.7. The van der Waals surface area contributed by atoms with Crippen LogP contribution in [0.3, 0.4) is 0 Å². The Bertz CT molecular complexity index is 743. The number of rotatable bonds is 8. The molecule has 0 fully saturated rings. The first-order valence-corrected chi connectivity index (χ1v) is 9.12. The summed E-state index contributed by atoms with van der Waals surface area (Å²) >= 11 is 0. The Kier molecular flexibility index (Phi) is 5.80. The molecule has 0 aliphatic carbocycles. The van der Waals surface area contributed by atoms with Gasteiger partial charge in [0.2, 0.25) is 5.91 Å². The standard InChI is InChI=1S/C14H19N5O3S/c1-2-9-19-13(16-17-18-19)11-23(21,22)10-8-14(20)15-12-6-4-3-5-7-12/h3-7H,2,8-11H2,1H3,(H,15,20). The first-order valence-electron chi connectivity index (χ1n) is 7.30. The third-order valence-electron chi connectivity index (χ3n) is 3.09. The van der Waals surface area contributed by atoms with Gasteiger partial charge in [-0.2, -0.15) is 0 Å². The number of tetrazole rings is 1. The van der Waals surface area contributed by atoms with Gasteiger partial charge in [-0.3, -0.25) is 4.79 Å². The monoisotopic (exact) mass is 337 g/mol. The number of para-hydroxylation sites is 1. The molecule has 1 N–H and O–H groups in total. The van der Waals surface area contributed by atoms with Gasteiger partial charge in [-0.15, -0.1) is 5.10 Å². The molecule has 124 valence electrons. The van der Waals surface area contributed by atoms with Crippen molar-refractivity contribution >= 4 is 21.4 Å². The predicted molar refractivity (Wildman–Crippen MR) is 85.3 cm³/mol. The third-order valence-corrected chi connectivity index (χ3v) is 4.61. The molecule has 0 saturated carbocycles. The summed E-state index contributed by atoms with van der Waals surface area (Å²) in [6.07, 6.45) is 0.699. The normalized spacial score (nSPS) is 11.3. The number of benzene rings is 1. The number of nitrogens with one attached hydrogen (secondary N) is 1. The Labute approximate surface area is 134 Å². The fourth-order valence-electron chi connectivity index (χ4n) is 1.97. The van der Waals surface area contributed by atoms with Gasteiger partial charge < -0.3 is 5.32 Å². The molecule has 0 atom stereocenters. The molecule has 8 nitrogen and oxygen atoms in total. The van der Waals surface area contributed by atoms with Crippen LogP contribution >= 0.6 is 0 Å². The van der Waals surface area contributed by atoms with Crippen molar-refractivity contribution in [2.45, 2.75) is 32.1 Å². The summed E-state index contributed by atoms with van der Waals surface area (Å²) in [5.41, 5.74) is 0.641. The summed E-state index contributed by atoms with van der Waals surface area (Å²) in [4.78, 5) is 11.8. The quantitative estimate of drug-likeness (QED) is 0.771. The first-order chi connectivity index (χ1) is 11.0. The minimum atomic E-state index is -3.46. The average Bonchev–Trinajstić information content (AvgIpc) is 2.93. The Balaban J connectivity index is 1.88. The summed E-state index contributed by atoms with van der Waals surface area (Å²) in [5.74, 6) is -0.549. The van der Waals surface area contributed by atoms with E-state index >= 15 is 0 Å². The van der Waals surface area contributed by atoms with Crippen LogP contribution in [0.25, 0.3) is 0 Å². The van der Waals surface area contributed by atoms with Crippen LogP contribution in [0.4, 0.5) is 5.69 Å². The molecular formula is C14H19N5O3S. The summed E-state index contributed by atoms with van der Waals surface area (Å²) in [6, 6.07) is 8.90. The zero-order valence-corrected chi connectivity index (χ0v) is 13.7. The lowest BCUT2D eigenvalue weighted by atomic mass is 10.3. The van der Waals surface area contributed by atoms with Crippen LogP contribution in [0.5, 0.6) is 0 Å². The largest absolute Gasteiger partial charge is 0.326 e. The number of hydrogen-bond donors (Lipinski definition) is 1. The zero-order valence-electron chi connectivity index (χ0n) is 12.8. The highest BCUT2D eigenvalue weighted by Crippen LogP contribution is 2.08. The van der Waals surface area contributed by atoms with Gasteiger partial charge in [-0.1, -0.05) is 25.1 Å². The predicted octanol–water partition coefficient (Wildman–Crippen LogP) is 1.03. The van der Waals surface area contributed by atoms with Gasteiger partial charge in [0.15, 0.2) is 15.7 Å². The minimum absolute atomic E-state index is 0.105. The number of hydrogen-bond acceptors (Lipinski definition) is 6. The van der Waals surface area contributed by atoms with E-state index in [1.165, 1.54) is 4.68 Å². The van der Waals surface area contributed by atoms with Crippen molar-refractivity contribution < 1.29 is 13.2 Å². The van der Waals surface area contributed by atoms with Crippen LogP contribution in [0.2, 0.25) is 0 Å². The lowest BCUT2D eigenvalue weighted by molar-refractivity contribution is -0.115. The van der Waals surface area contributed by atoms with E-state index in [9.17, 15) is 13.2 Å². The summed E-state index contributed by atoms with van der Waals surface area (Å²) in [7, 11) is -3.46. The van der Waals surface area contributed by atoms with Crippen molar-refractivity contribution in [1.82, 2.24) is 20.2 Å². The van der Waals surface area contributed by atoms with Crippen LogP contribution in [0.1, 0.15) is 25.6 Å². The highest BCUT2D eigenvalue weighted by molar-refractivity contribution is 7.90. The fraction of sp³-hybridized carbons (Fsp3) is 0.429. The molecule has 2 aromatic rings. The molecular weight excluding hydrogens is 318 g/mol. The number of aromatic nitrogens is 4. The van der Waals surface area contributed by atoms with Crippen molar-refractivity contribution in [2.24, 2.45) is 0 Å². The van der Waals surface area contributed by atoms with Crippen molar-refractivity contribution in [3.05, 3.63) is 36.2 Å². The lowest BCUT2D eigenvalue weighted by Crippen LogP contribution is -2.20. The Morgan fingerprint density at radius 2 is 2.00 bits per heavy atom. The molecule has 0 aliphatic rings. The molecule has 1 heterocycles. The number of amides is 1. The highest BCUT2D eigenvalue weighted by Gasteiger charge is 2.18. The molecule has 2 rings (SSSR count). The van der Waals surface area contributed by atoms with Gasteiger partial charge in [0, 0.05) is 18.7 Å². The minimum Gasteiger partial charge on any atom is -0.326 e. The van der Waals surface area contributed by atoms with Gasteiger partial charge in [0.05, 0.1) is 5.75 Å². The van der Waals surface area contributed by atoms with E-state index in [1.54, 1.807) is 24.3 Å². The molecule has 1 aromatic heterocycles. The maximum atomic E-state index is 12.1. The zero-order chi connectivity index (χ0) is 16.7. The van der Waals surface area contributed by atoms with Crippen LogP contribution in [-0.2, 0) is 26.9 Å². The van der Waals surface area contributed by atoms with E-state index in [4.69, 9.17) is 0 Å². The van der Waals surface area contributed by atoms with Gasteiger partial charge >= 0.3 is 0 Å². The number of nitrogens with zero attached hydrogens (tertiary/aromatic N) is 4. The van der Waals surface area contributed by atoms with E-state index in [2.05, 4.69) is 20.8 Å². The number of anilines is 1. The van der Waals surface area contributed by atoms with Gasteiger partial charge in [0.1, 0.15) is 5.75 Å².